The van der Waals surface area contributed by atoms with Crippen LogP contribution in [0.2, 0.25) is 0 Å². The molecule has 0 aromatic heterocycles. The highest BCUT2D eigenvalue weighted by Crippen LogP contribution is 2.09. The highest BCUT2D eigenvalue weighted by atomic mass is 16.7. The van der Waals surface area contributed by atoms with Crippen molar-refractivity contribution in [2.45, 2.75) is 155 Å². The number of allylic oxidation sites excluding steroid dienone is 26. The Bertz CT molecular complexity index is 1680. The Morgan fingerprint density at radius 3 is 1.14 bits per heavy atom. The van der Waals surface area contributed by atoms with Gasteiger partial charge in [0.1, 0.15) is 13.2 Å². The number of hydrogen-bond donors (Lipinski definition) is 0. The first-order valence-corrected chi connectivity index (χ1v) is 25.6. The Morgan fingerprint density at radius 1 is 0.435 bits per heavy atom. The van der Waals surface area contributed by atoms with E-state index in [2.05, 4.69) is 166 Å². The molecule has 9 heteroatoms. The molecule has 2 unspecified atom stereocenters. The number of esters is 2. The van der Waals surface area contributed by atoms with Crippen LogP contribution in [0, 0.1) is 0 Å². The van der Waals surface area contributed by atoms with E-state index in [-0.39, 0.29) is 32.7 Å². The Labute approximate surface area is 419 Å². The van der Waals surface area contributed by atoms with Crippen molar-refractivity contribution < 1.29 is 42.9 Å². The van der Waals surface area contributed by atoms with E-state index in [1.807, 2.05) is 27.2 Å². The lowest BCUT2D eigenvalue weighted by molar-refractivity contribution is -0.870. The maximum absolute atomic E-state index is 12.8. The van der Waals surface area contributed by atoms with E-state index in [1.165, 1.54) is 0 Å². The highest BCUT2D eigenvalue weighted by molar-refractivity contribution is 5.70. The quantitative estimate of drug-likeness (QED) is 0.0195. The number of quaternary nitrogens is 1. The molecule has 0 aromatic carbocycles. The third-order valence-electron chi connectivity index (χ3n) is 9.77. The number of likely N-dealkylation sites (N-methyl/N-ethyl adjacent to an activating group) is 1. The van der Waals surface area contributed by atoms with E-state index in [0.717, 1.165) is 96.3 Å². The van der Waals surface area contributed by atoms with Crippen LogP contribution >= 0.6 is 0 Å². The van der Waals surface area contributed by atoms with Crippen LogP contribution in [0.4, 0.5) is 0 Å². The van der Waals surface area contributed by atoms with Gasteiger partial charge >= 0.3 is 11.9 Å². The first-order valence-electron chi connectivity index (χ1n) is 25.6. The van der Waals surface area contributed by atoms with E-state index in [1.54, 1.807) is 0 Å². The van der Waals surface area contributed by atoms with Crippen LogP contribution in [0.25, 0.3) is 0 Å². The highest BCUT2D eigenvalue weighted by Gasteiger charge is 2.21. The lowest BCUT2D eigenvalue weighted by atomic mass is 10.2. The molecular formula is C60H91NO8. The van der Waals surface area contributed by atoms with Crippen molar-refractivity contribution in [2.75, 3.05) is 47.5 Å². The van der Waals surface area contributed by atoms with Crippen molar-refractivity contribution in [3.63, 3.8) is 0 Å². The van der Waals surface area contributed by atoms with Gasteiger partial charge in [0.05, 0.1) is 40.3 Å². The molecule has 384 valence electrons. The van der Waals surface area contributed by atoms with E-state index >= 15 is 0 Å². The predicted octanol–water partition coefficient (Wildman–Crippen LogP) is 13.3. The lowest BCUT2D eigenvalue weighted by Crippen LogP contribution is -2.44. The van der Waals surface area contributed by atoms with Crippen molar-refractivity contribution in [3.05, 3.63) is 158 Å². The molecular weight excluding hydrogens is 863 g/mol. The van der Waals surface area contributed by atoms with Crippen LogP contribution in [0.5, 0.6) is 0 Å². The standard InChI is InChI=1S/C60H91NO8/c1-6-8-10-12-14-16-18-20-22-23-24-25-26-27-28-29-30-31-32-33-34-35-37-39-41-43-45-47-49-51-58(63)69-56(55-68-60(59(64)65)66-53-52-61(3,4)5)54-67-57(62)50-48-46-44-42-40-38-36-21-19-17-15-13-11-9-7-2/h8-11,14-17,20-22,24-25,27-28,30-31,33-34,36-37,39-40,42-43,45,56,60H,6-7,12-13,18-19,23,26,29,32,35,38,41,44,46-55H2,1-5H3/b10-8-,11-9-,16-14-,17-15-,22-20-,25-24-,28-27-,31-30-,34-33-,36-21-,39-37-,42-40-,45-43-. The number of aliphatic carboxylic acids is 1. The number of carboxylic acid groups (broad SMARTS) is 1. The van der Waals surface area contributed by atoms with Crippen LogP contribution in [-0.2, 0) is 33.3 Å². The lowest BCUT2D eigenvalue weighted by Gasteiger charge is -2.26. The average Bonchev–Trinajstić information content (AvgIpc) is 3.31. The largest absolute Gasteiger partial charge is 0.545 e. The number of carboxylic acids is 1. The fourth-order valence-electron chi connectivity index (χ4n) is 5.88. The van der Waals surface area contributed by atoms with Crippen LogP contribution in [0.1, 0.15) is 142 Å². The average molecular weight is 954 g/mol. The summed E-state index contributed by atoms with van der Waals surface area (Å²) < 4.78 is 22.5. The Balaban J connectivity index is 4.52. The molecule has 0 saturated heterocycles. The van der Waals surface area contributed by atoms with E-state index < -0.39 is 30.3 Å². The molecule has 9 nitrogen and oxygen atoms in total. The minimum Gasteiger partial charge on any atom is -0.545 e. The summed E-state index contributed by atoms with van der Waals surface area (Å²) in [5.41, 5.74) is 0. The zero-order chi connectivity index (χ0) is 50.6. The van der Waals surface area contributed by atoms with Crippen LogP contribution in [0.3, 0.4) is 0 Å². The zero-order valence-electron chi connectivity index (χ0n) is 43.3. The second-order valence-electron chi connectivity index (χ2n) is 17.3. The second kappa shape index (κ2) is 49.3. The number of hydrogen-bond acceptors (Lipinski definition) is 8. The number of unbranched alkanes of at least 4 members (excludes halogenated alkanes) is 3. The fourth-order valence-corrected chi connectivity index (χ4v) is 5.88. The summed E-state index contributed by atoms with van der Waals surface area (Å²) in [5.74, 6) is -2.45. The van der Waals surface area contributed by atoms with E-state index in [4.69, 9.17) is 18.9 Å². The Kier molecular flexibility index (Phi) is 45.7. The van der Waals surface area contributed by atoms with Crippen molar-refractivity contribution >= 4 is 17.9 Å². The molecule has 0 heterocycles. The molecule has 69 heavy (non-hydrogen) atoms. The van der Waals surface area contributed by atoms with Gasteiger partial charge < -0.3 is 33.3 Å². The smallest absolute Gasteiger partial charge is 0.306 e. The number of ether oxygens (including phenoxy) is 4. The van der Waals surface area contributed by atoms with Gasteiger partial charge in [0.2, 0.25) is 0 Å². The zero-order valence-corrected chi connectivity index (χ0v) is 43.3. The number of rotatable bonds is 44. The van der Waals surface area contributed by atoms with Gasteiger partial charge in [-0.3, -0.25) is 9.59 Å². The normalized spacial score (nSPS) is 14.2. The second-order valence-corrected chi connectivity index (χ2v) is 17.3. The van der Waals surface area contributed by atoms with Crippen molar-refractivity contribution in [1.29, 1.82) is 0 Å². The number of nitrogens with zero attached hydrogens (tertiary/aromatic N) is 1. The molecule has 0 rings (SSSR count). The molecule has 0 aliphatic carbocycles. The van der Waals surface area contributed by atoms with Gasteiger partial charge in [-0.25, -0.2) is 0 Å². The molecule has 0 aromatic rings. The van der Waals surface area contributed by atoms with Gasteiger partial charge in [-0.1, -0.05) is 172 Å². The van der Waals surface area contributed by atoms with Crippen LogP contribution < -0.4 is 5.11 Å². The third kappa shape index (κ3) is 50.6. The first kappa shape index (κ1) is 63.9. The SMILES string of the molecule is CC/C=C\C/C=C\C/C=C\C/C=C\C/C=C\C/C=C\C/C=C\C/C=C\C/C=C\CCCC(=O)OC(COC(=O)CCCC/C=C\C/C=C\C/C=C\C/C=C\CC)COC(OCC[N+](C)(C)C)C(=O)[O-]. The summed E-state index contributed by atoms with van der Waals surface area (Å²) in [6, 6.07) is 0. The molecule has 0 radical (unpaired) electrons. The number of carbonyl (C=O) groups is 3. The maximum atomic E-state index is 12.8. The van der Waals surface area contributed by atoms with Gasteiger partial charge in [-0.05, 0) is 116 Å². The Hall–Kier alpha value is -5.09. The molecule has 0 aliphatic heterocycles. The molecule has 0 N–H and O–H groups in total. The fraction of sp³-hybridized carbons (Fsp3) is 0.517. The van der Waals surface area contributed by atoms with Gasteiger partial charge in [-0.2, -0.15) is 0 Å². The molecule has 2 atom stereocenters. The molecule has 0 bridgehead atoms. The van der Waals surface area contributed by atoms with Crippen LogP contribution in [-0.4, -0.2) is 82.3 Å². The van der Waals surface area contributed by atoms with Gasteiger partial charge in [-0.15, -0.1) is 0 Å². The monoisotopic (exact) mass is 954 g/mol. The molecule has 0 saturated carbocycles. The minimum absolute atomic E-state index is 0.120. The molecule has 0 amide bonds. The summed E-state index contributed by atoms with van der Waals surface area (Å²) in [4.78, 5) is 37.1. The summed E-state index contributed by atoms with van der Waals surface area (Å²) in [6.45, 7) is 4.35. The first-order chi connectivity index (χ1) is 33.6. The van der Waals surface area contributed by atoms with Gasteiger partial charge in [0, 0.05) is 12.8 Å². The summed E-state index contributed by atoms with van der Waals surface area (Å²) in [5, 5.41) is 11.7. The van der Waals surface area contributed by atoms with Gasteiger partial charge in [0.15, 0.2) is 12.4 Å². The van der Waals surface area contributed by atoms with E-state index in [0.29, 0.717) is 30.3 Å². The summed E-state index contributed by atoms with van der Waals surface area (Å²) >= 11 is 0. The molecule has 0 spiro atoms. The summed E-state index contributed by atoms with van der Waals surface area (Å²) in [7, 11) is 5.86. The van der Waals surface area contributed by atoms with Crippen LogP contribution in [0.15, 0.2) is 158 Å². The number of carbonyl (C=O) groups excluding carboxylic acids is 3. The minimum atomic E-state index is -1.66. The van der Waals surface area contributed by atoms with E-state index in [9.17, 15) is 19.5 Å². The van der Waals surface area contributed by atoms with Gasteiger partial charge in [0.25, 0.3) is 0 Å². The van der Waals surface area contributed by atoms with Crippen molar-refractivity contribution in [1.82, 2.24) is 0 Å². The predicted molar refractivity (Wildman–Crippen MR) is 287 cm³/mol. The maximum Gasteiger partial charge on any atom is 0.306 e. The third-order valence-corrected chi connectivity index (χ3v) is 9.77. The molecule has 0 fully saturated rings. The topological polar surface area (TPSA) is 111 Å². The summed E-state index contributed by atoms with van der Waals surface area (Å²) in [6.07, 6.45) is 70.1. The van der Waals surface area contributed by atoms with Crippen molar-refractivity contribution in [3.8, 4) is 0 Å². The van der Waals surface area contributed by atoms with Crippen molar-refractivity contribution in [2.24, 2.45) is 0 Å². The molecule has 0 aliphatic rings. The Morgan fingerprint density at radius 2 is 0.783 bits per heavy atom.